The van der Waals surface area contributed by atoms with Gasteiger partial charge in [-0.05, 0) is 196 Å². The Morgan fingerprint density at radius 1 is 0.284 bits per heavy atom. The van der Waals surface area contributed by atoms with E-state index in [2.05, 4.69) is 327 Å². The van der Waals surface area contributed by atoms with Crippen LogP contribution in [0.1, 0.15) is 27.7 Å². The maximum Gasteiger partial charge on any atom is 0.569 e. The molecule has 1 radical (unpaired) electrons. The summed E-state index contributed by atoms with van der Waals surface area (Å²) in [6.07, 6.45) is 0. The van der Waals surface area contributed by atoms with Crippen molar-refractivity contribution in [3.63, 3.8) is 0 Å². The van der Waals surface area contributed by atoms with Crippen molar-refractivity contribution in [1.29, 1.82) is 0 Å². The fraction of sp³-hybridized carbons (Fsp3) is 0.0500. The molecule has 1 N–H and O–H groups in total. The van der Waals surface area contributed by atoms with Gasteiger partial charge in [0.25, 0.3) is 0 Å². The Kier molecular flexibility index (Phi) is 24.2. The molecule has 17 aromatic carbocycles. The number of hydrogen-bond acceptors (Lipinski definition) is 16. The second-order valence-electron chi connectivity index (χ2n) is 35.2. The lowest BCUT2D eigenvalue weighted by Gasteiger charge is -2.32. The van der Waals surface area contributed by atoms with Gasteiger partial charge >= 0.3 is 14.8 Å². The van der Waals surface area contributed by atoms with Crippen molar-refractivity contribution in [2.24, 2.45) is 0 Å². The molecule has 21 heteroatoms. The molecule has 0 atom stereocenters. The Bertz CT molecular complexity index is 9240. The monoisotopic (exact) mass is 1940 g/mol. The van der Waals surface area contributed by atoms with Gasteiger partial charge in [0.15, 0.2) is 16.6 Å². The largest absolute Gasteiger partial charge is 0.569 e. The Morgan fingerprint density at radius 2 is 0.603 bits per heavy atom. The van der Waals surface area contributed by atoms with E-state index in [9.17, 15) is 0 Å². The van der Waals surface area contributed by atoms with Gasteiger partial charge in [-0.15, -0.1) is 34.0 Å². The fourth-order valence-electron chi connectivity index (χ4n) is 18.3. The predicted octanol–water partition coefficient (Wildman–Crippen LogP) is 33.8. The van der Waals surface area contributed by atoms with Gasteiger partial charge in [0.2, 0.25) is 10.6 Å². The van der Waals surface area contributed by atoms with Crippen LogP contribution in [0.25, 0.3) is 227 Å². The molecule has 0 aliphatic carbocycles. The highest BCUT2D eigenvalue weighted by Gasteiger charge is 2.52. The third-order valence-electron chi connectivity index (χ3n) is 26.0. The Morgan fingerprint density at radius 3 is 1.07 bits per heavy atom. The molecule has 27 rings (SSSR count). The molecular formula is C120H80B2Cl3N6O7S3. The van der Waals surface area contributed by atoms with E-state index in [0.717, 1.165) is 162 Å². The molecule has 1 saturated heterocycles. The van der Waals surface area contributed by atoms with Gasteiger partial charge < -0.3 is 32.2 Å². The molecule has 0 saturated carbocycles. The first-order chi connectivity index (χ1) is 69.0. The minimum Gasteiger partial charge on any atom is -0.535 e. The summed E-state index contributed by atoms with van der Waals surface area (Å²) < 4.78 is 42.4. The van der Waals surface area contributed by atoms with Gasteiger partial charge in [-0.3, -0.25) is 0 Å². The zero-order valence-electron chi connectivity index (χ0n) is 76.3. The molecule has 9 aromatic heterocycles. The Balaban J connectivity index is 0.000000105. The first kappa shape index (κ1) is 89.6. The molecule has 10 heterocycles. The molecule has 13 nitrogen and oxygen atoms in total. The molecule has 677 valence electrons. The minimum atomic E-state index is -0.358. The first-order valence-corrected chi connectivity index (χ1v) is 49.6. The summed E-state index contributed by atoms with van der Waals surface area (Å²) in [6, 6.07) is 140. The highest BCUT2D eigenvalue weighted by atomic mass is 35.5. The number of rotatable bonds is 12. The van der Waals surface area contributed by atoms with Gasteiger partial charge in [-0.25, -0.2) is 29.9 Å². The summed E-state index contributed by atoms with van der Waals surface area (Å²) in [4.78, 5) is 27.8. The van der Waals surface area contributed by atoms with Crippen molar-refractivity contribution in [2.45, 2.75) is 38.9 Å². The van der Waals surface area contributed by atoms with E-state index in [4.69, 9.17) is 77.0 Å². The maximum absolute atomic E-state index is 8.67. The van der Waals surface area contributed by atoms with Gasteiger partial charge in [-0.2, -0.15) is 0 Å². The quantitative estimate of drug-likeness (QED) is 0.0699. The highest BCUT2D eigenvalue weighted by molar-refractivity contribution is 7.27. The molecule has 26 aromatic rings. The highest BCUT2D eigenvalue weighted by Crippen LogP contribution is 2.48. The molecule has 1 fully saturated rings. The number of furan rings is 3. The van der Waals surface area contributed by atoms with Crippen LogP contribution in [0.5, 0.6) is 5.75 Å². The van der Waals surface area contributed by atoms with Crippen LogP contribution in [0.4, 0.5) is 0 Å². The van der Waals surface area contributed by atoms with E-state index >= 15 is 0 Å². The van der Waals surface area contributed by atoms with Crippen molar-refractivity contribution >= 4 is 216 Å². The predicted molar refractivity (Wildman–Crippen MR) is 588 cm³/mol. The summed E-state index contributed by atoms with van der Waals surface area (Å²) in [5, 5.41) is 19.2. The molecule has 1 aliphatic heterocycles. The average Bonchev–Trinajstić information content (AvgIpc) is 1.59. The molecule has 0 amide bonds. The van der Waals surface area contributed by atoms with Gasteiger partial charge in [0.05, 0.1) is 53.2 Å². The number of fused-ring (bicyclic) bond motifs is 18. The van der Waals surface area contributed by atoms with Crippen molar-refractivity contribution in [3.8, 4) is 106 Å². The molecular weight excluding hydrogens is 1860 g/mol. The van der Waals surface area contributed by atoms with Crippen LogP contribution >= 0.6 is 68.8 Å². The summed E-state index contributed by atoms with van der Waals surface area (Å²) in [5.74, 6) is 1.20. The van der Waals surface area contributed by atoms with E-state index in [1.54, 1.807) is 40.1 Å². The molecule has 141 heavy (non-hydrogen) atoms. The minimum absolute atomic E-state index is 0.191. The second-order valence-corrected chi connectivity index (χ2v) is 39.4. The van der Waals surface area contributed by atoms with Crippen molar-refractivity contribution in [2.75, 3.05) is 0 Å². The van der Waals surface area contributed by atoms with E-state index in [0.29, 0.717) is 30.0 Å². The lowest BCUT2D eigenvalue weighted by atomic mass is 9.78. The zero-order valence-corrected chi connectivity index (χ0v) is 81.0. The first-order valence-electron chi connectivity index (χ1n) is 46.0. The number of nitrogens with zero attached hydrogens (tertiary/aromatic N) is 6. The molecule has 1 aliphatic rings. The summed E-state index contributed by atoms with van der Waals surface area (Å²) in [5.41, 5.74) is 26.8. The topological polar surface area (TPSA) is 165 Å². The number of halogens is 3. The normalized spacial score (nSPS) is 12.7. The van der Waals surface area contributed by atoms with Crippen LogP contribution in [0, 0.1) is 0 Å². The van der Waals surface area contributed by atoms with E-state index < -0.39 is 0 Å². The second kappa shape index (κ2) is 38.1. The van der Waals surface area contributed by atoms with Crippen LogP contribution in [0.15, 0.2) is 420 Å². The van der Waals surface area contributed by atoms with E-state index in [1.165, 1.54) is 59.5 Å². The van der Waals surface area contributed by atoms with E-state index in [1.807, 2.05) is 121 Å². The summed E-state index contributed by atoms with van der Waals surface area (Å²) in [6.45, 7) is 8.35. The lowest BCUT2D eigenvalue weighted by Crippen LogP contribution is -2.41. The van der Waals surface area contributed by atoms with Gasteiger partial charge in [0.1, 0.15) is 33.7 Å². The number of para-hydroxylation sites is 6. The third kappa shape index (κ3) is 17.6. The van der Waals surface area contributed by atoms with Crippen molar-refractivity contribution < 1.29 is 32.2 Å². The Labute approximate surface area is 838 Å². The fourth-order valence-corrected chi connectivity index (χ4v) is 22.3. The van der Waals surface area contributed by atoms with Crippen LogP contribution in [-0.2, 0) is 9.31 Å². The number of thiophene rings is 3. The maximum atomic E-state index is 8.67. The molecule has 0 spiro atoms. The SMILES string of the molecule is CC1(C)OB(c2cccc(-c3cccc(-c4ccc(-c5ccccc5)cc4)c3)c2)OC1(C)C.Clc1nc(-c2cccc3c2oc2ccccc23)c2sc3ccccc3c2n1.Clc1nc(Cl)c2sc3ccccc3c2n1.O[B]Oc1cccc2c1oc1ccccc12.c1ccc(-c2ccc(-c3cccc(-c4cccc(-c5nc(-c6cccc7c6oc6ccccc67)c6sc7ccccc7c6n5)c4)c3)cc2)cc1. The van der Waals surface area contributed by atoms with Crippen LogP contribution in [0.2, 0.25) is 15.7 Å². The summed E-state index contributed by atoms with van der Waals surface area (Å²) >= 11 is 23.1. The smallest absolute Gasteiger partial charge is 0.535 e. The standard InChI is InChI=1S/C46H28N2OS.C30H29BO2.C22H11ClN2OS.C12H8BO3.C10H4Cl2N2S/c1-2-11-29(12-3-1)30-23-25-31(26-24-30)32-13-8-14-33(27-32)34-15-9-16-35(28-34)46-47-42-38-18-5-7-22-41(38)50-45(42)43(48-46)39-20-10-19-37-36-17-4-6-21-40(36)49-44(37)39;1-29(2)30(3,4)33-31(32-29)28-15-9-14-27(21-28)26-13-8-12-25(20-26)24-18-16-23(17-19-24)22-10-6-5-7-11-22;23-22-24-18-14-7-2-4-11-17(14)27-21(18)19(25-22)15-9-5-8-13-12-6-1-3-10-16(12)26-20(13)15;14-13-16-11-7-3-5-9-8-4-1-2-6-10(8)15-12(9)11;11-9-8-7(13-10(12)14-9)5-3-1-2-4-6(5)15-8/h1-28H;5-21H,1-4H3;1-11H;1-7,14H;1-4H. The van der Waals surface area contributed by atoms with Crippen LogP contribution < -0.4 is 10.1 Å². The number of aromatic nitrogens is 6. The van der Waals surface area contributed by atoms with Gasteiger partial charge in [-0.1, -0.05) is 345 Å². The molecule has 0 bridgehead atoms. The Hall–Kier alpha value is -15.3. The van der Waals surface area contributed by atoms with Crippen molar-refractivity contribution in [3.05, 3.63) is 422 Å². The third-order valence-corrected chi connectivity index (χ3v) is 30.2. The summed E-state index contributed by atoms with van der Waals surface area (Å²) in [7, 11) is 0.297. The average molecular weight is 1940 g/mol. The zero-order chi connectivity index (χ0) is 95.4. The van der Waals surface area contributed by atoms with E-state index in [-0.39, 0.29) is 28.9 Å². The number of hydrogen-bond donors (Lipinski definition) is 1. The lowest BCUT2D eigenvalue weighted by molar-refractivity contribution is 0.00578. The van der Waals surface area contributed by atoms with Gasteiger partial charge in [0, 0.05) is 79.3 Å². The van der Waals surface area contributed by atoms with Crippen LogP contribution in [0.3, 0.4) is 0 Å². The molecule has 0 unspecified atom stereocenters. The number of benzene rings is 17. The van der Waals surface area contributed by atoms with Crippen molar-refractivity contribution in [1.82, 2.24) is 29.9 Å². The van der Waals surface area contributed by atoms with Crippen LogP contribution in [-0.4, -0.2) is 60.9 Å².